The second-order valence-electron chi connectivity index (χ2n) is 5.45. The highest BCUT2D eigenvalue weighted by atomic mass is 32.1. The molecule has 0 aromatic carbocycles. The number of amides is 2. The number of carbonyl (C=O) groups is 2. The Bertz CT molecular complexity index is 1050. The van der Waals surface area contributed by atoms with Crippen molar-refractivity contribution in [3.63, 3.8) is 0 Å². The van der Waals surface area contributed by atoms with Crippen LogP contribution in [-0.2, 0) is 0 Å². The van der Waals surface area contributed by atoms with Crippen LogP contribution in [-0.4, -0.2) is 37.5 Å². The molecule has 0 aliphatic carbocycles. The van der Waals surface area contributed by atoms with E-state index in [1.807, 2.05) is 33.7 Å². The first-order valence-corrected chi connectivity index (χ1v) is 13.0. The van der Waals surface area contributed by atoms with Gasteiger partial charge in [-0.25, -0.2) is 9.97 Å². The van der Waals surface area contributed by atoms with Crippen LogP contribution in [0, 0.1) is 0 Å². The van der Waals surface area contributed by atoms with Crippen LogP contribution >= 0.6 is 69.8 Å². The molecule has 6 N–H and O–H groups in total. The molecule has 0 atom stereocenters. The van der Waals surface area contributed by atoms with Crippen molar-refractivity contribution in [1.29, 1.82) is 0 Å². The molecular weight excluding hydrogens is 541 g/mol. The number of hydrogen-bond acceptors (Lipinski definition) is 10. The Morgan fingerprint density at radius 1 is 0.697 bits per heavy atom. The number of thiazole rings is 2. The van der Waals surface area contributed by atoms with Crippen LogP contribution in [0.25, 0.3) is 0 Å². The van der Waals surface area contributed by atoms with Gasteiger partial charge in [-0.15, -0.1) is 45.3 Å². The fourth-order valence-electron chi connectivity index (χ4n) is 1.97. The maximum absolute atomic E-state index is 11.6. The molecule has 4 rings (SSSR count). The van der Waals surface area contributed by atoms with Gasteiger partial charge in [-0.1, -0.05) is 12.1 Å². The van der Waals surface area contributed by atoms with Gasteiger partial charge < -0.3 is 16.1 Å². The van der Waals surface area contributed by atoms with Gasteiger partial charge in [-0.3, -0.25) is 20.2 Å². The number of carbonyl (C=O) groups excluding carboxylic acids is 2. The molecule has 0 saturated heterocycles. The summed E-state index contributed by atoms with van der Waals surface area (Å²) in [7, 11) is 0. The van der Waals surface area contributed by atoms with Crippen LogP contribution in [0.3, 0.4) is 0 Å². The smallest absolute Gasteiger partial charge is 0.267 e. The van der Waals surface area contributed by atoms with Crippen LogP contribution in [0.1, 0.15) is 19.3 Å². The summed E-state index contributed by atoms with van der Waals surface area (Å²) in [5, 5.41) is 20.0. The summed E-state index contributed by atoms with van der Waals surface area (Å²) >= 11 is 15.5. The van der Waals surface area contributed by atoms with Crippen molar-refractivity contribution in [2.75, 3.05) is 10.6 Å². The zero-order valence-corrected chi connectivity index (χ0v) is 21.3. The Morgan fingerprint density at radius 2 is 1.12 bits per heavy atom. The zero-order valence-electron chi connectivity index (χ0n) is 16.4. The molecule has 9 nitrogen and oxygen atoms in total. The maximum atomic E-state index is 11.6. The summed E-state index contributed by atoms with van der Waals surface area (Å²) in [4.78, 5) is 32.4. The van der Waals surface area contributed by atoms with Crippen LogP contribution in [0.4, 0.5) is 10.3 Å². The molecule has 4 aromatic heterocycles. The molecule has 0 bridgehead atoms. The zero-order chi connectivity index (χ0) is 22.8. The van der Waals surface area contributed by atoms with E-state index in [1.54, 1.807) is 24.5 Å². The normalized spacial score (nSPS) is 9.45. The van der Waals surface area contributed by atoms with Crippen molar-refractivity contribution in [2.45, 2.75) is 0 Å². The van der Waals surface area contributed by atoms with Gasteiger partial charge in [0.05, 0.1) is 9.75 Å². The van der Waals surface area contributed by atoms with Gasteiger partial charge >= 0.3 is 0 Å². The summed E-state index contributed by atoms with van der Waals surface area (Å²) in [5.41, 5.74) is 0. The third-order valence-corrected chi connectivity index (χ3v) is 6.77. The van der Waals surface area contributed by atoms with E-state index in [0.717, 1.165) is 0 Å². The van der Waals surface area contributed by atoms with E-state index in [2.05, 4.69) is 31.2 Å². The number of thiocarbonyl (C=S) groups is 2. The molecule has 33 heavy (non-hydrogen) atoms. The molecule has 0 saturated carbocycles. The fourth-order valence-corrected chi connectivity index (χ4v) is 4.78. The molecule has 15 heteroatoms. The number of thiophene rings is 2. The standard InChI is InChI=1S/2C9H7N3OS3.H2O/c2*13-7(6-2-1-4-15-6)11-8(14)12-9-10-3-5-16-9;/h2*1-5H,(H2,10,11,12,13,14);1H2. The van der Waals surface area contributed by atoms with Crippen molar-refractivity contribution >= 4 is 102 Å². The SMILES string of the molecule is O.O=C(NC(=S)Nc1nccs1)c1cccs1.O=C(NC(=S)Nc1nccs1)c1cccs1. The molecule has 4 aromatic rings. The Kier molecular flexibility index (Phi) is 11.1. The summed E-state index contributed by atoms with van der Waals surface area (Å²) in [6, 6.07) is 7.12. The van der Waals surface area contributed by atoms with Gasteiger partial charge in [0.25, 0.3) is 11.8 Å². The molecule has 2 amide bonds. The van der Waals surface area contributed by atoms with E-state index >= 15 is 0 Å². The summed E-state index contributed by atoms with van der Waals surface area (Å²) in [5.74, 6) is -0.409. The van der Waals surface area contributed by atoms with E-state index in [4.69, 9.17) is 24.4 Å². The van der Waals surface area contributed by atoms with E-state index in [-0.39, 0.29) is 27.5 Å². The van der Waals surface area contributed by atoms with Crippen molar-refractivity contribution in [1.82, 2.24) is 20.6 Å². The van der Waals surface area contributed by atoms with Crippen LogP contribution in [0.15, 0.2) is 58.2 Å². The molecule has 0 fully saturated rings. The van der Waals surface area contributed by atoms with E-state index < -0.39 is 0 Å². The molecule has 0 radical (unpaired) electrons. The van der Waals surface area contributed by atoms with E-state index in [0.29, 0.717) is 20.0 Å². The lowest BCUT2D eigenvalue weighted by Gasteiger charge is -2.05. The number of nitrogens with one attached hydrogen (secondary N) is 4. The van der Waals surface area contributed by atoms with Crippen molar-refractivity contribution in [3.8, 4) is 0 Å². The second-order valence-corrected chi connectivity index (χ2v) is 9.95. The third-order valence-electron chi connectivity index (χ3n) is 3.25. The minimum absolute atomic E-state index is 0. The largest absolute Gasteiger partial charge is 0.412 e. The number of nitrogens with zero attached hydrogens (tertiary/aromatic N) is 2. The van der Waals surface area contributed by atoms with Gasteiger partial charge in [-0.2, -0.15) is 0 Å². The van der Waals surface area contributed by atoms with Crippen molar-refractivity contribution < 1.29 is 15.1 Å². The van der Waals surface area contributed by atoms with E-state index in [9.17, 15) is 9.59 Å². The van der Waals surface area contributed by atoms with E-state index in [1.165, 1.54) is 45.3 Å². The number of rotatable bonds is 4. The molecule has 0 spiro atoms. The van der Waals surface area contributed by atoms with Gasteiger partial charge in [0, 0.05) is 23.2 Å². The Labute approximate surface area is 215 Å². The second kappa shape index (κ2) is 13.8. The fraction of sp³-hybridized carbons (Fsp3) is 0. The lowest BCUT2D eigenvalue weighted by molar-refractivity contribution is 0.0973. The minimum Gasteiger partial charge on any atom is -0.412 e. The summed E-state index contributed by atoms with van der Waals surface area (Å²) in [6.07, 6.45) is 3.33. The third kappa shape index (κ3) is 9.01. The lowest BCUT2D eigenvalue weighted by atomic mass is 10.4. The van der Waals surface area contributed by atoms with Gasteiger partial charge in [0.15, 0.2) is 20.5 Å². The quantitative estimate of drug-likeness (QED) is 0.278. The Balaban J connectivity index is 0.000000227. The molecule has 172 valence electrons. The Hall–Kier alpha value is -2.66. The van der Waals surface area contributed by atoms with Crippen LogP contribution in [0.2, 0.25) is 0 Å². The van der Waals surface area contributed by atoms with Crippen molar-refractivity contribution in [3.05, 3.63) is 67.9 Å². The maximum Gasteiger partial charge on any atom is 0.267 e. The highest BCUT2D eigenvalue weighted by Crippen LogP contribution is 2.12. The highest BCUT2D eigenvalue weighted by molar-refractivity contribution is 7.80. The topological polar surface area (TPSA) is 140 Å². The average molecular weight is 557 g/mol. The number of hydrogen-bond donors (Lipinski definition) is 4. The first-order chi connectivity index (χ1) is 15.5. The van der Waals surface area contributed by atoms with Gasteiger partial charge in [0.1, 0.15) is 0 Å². The van der Waals surface area contributed by atoms with Gasteiger partial charge in [0.2, 0.25) is 0 Å². The number of anilines is 2. The number of aromatic nitrogens is 2. The lowest BCUT2D eigenvalue weighted by Crippen LogP contribution is -2.33. The minimum atomic E-state index is -0.205. The predicted molar refractivity (Wildman–Crippen MR) is 144 cm³/mol. The molecule has 0 unspecified atom stereocenters. The summed E-state index contributed by atoms with van der Waals surface area (Å²) < 4.78 is 0. The molecule has 0 aliphatic heterocycles. The van der Waals surface area contributed by atoms with Crippen LogP contribution in [0.5, 0.6) is 0 Å². The Morgan fingerprint density at radius 3 is 1.42 bits per heavy atom. The first kappa shape index (κ1) is 26.6. The highest BCUT2D eigenvalue weighted by Gasteiger charge is 2.10. The van der Waals surface area contributed by atoms with Crippen LogP contribution < -0.4 is 21.3 Å². The molecule has 4 heterocycles. The van der Waals surface area contributed by atoms with Crippen molar-refractivity contribution in [2.24, 2.45) is 0 Å². The predicted octanol–water partition coefficient (Wildman–Crippen LogP) is 3.84. The average Bonchev–Trinajstić information content (AvgIpc) is 3.57. The summed E-state index contributed by atoms with van der Waals surface area (Å²) in [6.45, 7) is 0. The molecular formula is C18H16N6O3S6. The first-order valence-electron chi connectivity index (χ1n) is 8.62. The van der Waals surface area contributed by atoms with Gasteiger partial charge in [-0.05, 0) is 47.3 Å². The molecule has 0 aliphatic rings. The monoisotopic (exact) mass is 556 g/mol.